The molecule has 0 heterocycles. The fourth-order valence-corrected chi connectivity index (χ4v) is 5.00. The molecule has 100 valence electrons. The fraction of sp³-hybridized carbons (Fsp3) is 0.625. The molecule has 0 saturated heterocycles. The maximum Gasteiger partial charge on any atom is 0.0775 e. The van der Waals surface area contributed by atoms with E-state index in [1.165, 1.54) is 42.8 Å². The van der Waals surface area contributed by atoms with Crippen LogP contribution in [0.4, 0.5) is 0 Å². The van der Waals surface area contributed by atoms with Crippen LogP contribution < -0.4 is 5.19 Å². The summed E-state index contributed by atoms with van der Waals surface area (Å²) in [6.45, 7) is 7.24. The first-order chi connectivity index (χ1) is 8.55. The molecule has 1 aliphatic rings. The van der Waals surface area contributed by atoms with Crippen LogP contribution in [0.5, 0.6) is 0 Å². The summed E-state index contributed by atoms with van der Waals surface area (Å²) in [5, 5.41) is 1.58. The maximum atomic E-state index is 2.41. The highest BCUT2D eigenvalue weighted by Crippen LogP contribution is 2.28. The minimum atomic E-state index is -1.12. The van der Waals surface area contributed by atoms with Gasteiger partial charge in [0, 0.05) is 5.75 Å². The number of benzene rings is 1. The summed E-state index contributed by atoms with van der Waals surface area (Å²) in [6.07, 6.45) is 5.88. The largest absolute Gasteiger partial charge is 0.157 e. The van der Waals surface area contributed by atoms with E-state index in [-0.39, 0.29) is 0 Å². The summed E-state index contributed by atoms with van der Waals surface area (Å²) >= 11 is 2.13. The average Bonchev–Trinajstić information content (AvgIpc) is 2.82. The summed E-state index contributed by atoms with van der Waals surface area (Å²) < 4.78 is 0. The van der Waals surface area contributed by atoms with Gasteiger partial charge in [-0.05, 0) is 30.1 Å². The Labute approximate surface area is 118 Å². The van der Waals surface area contributed by atoms with Gasteiger partial charge in [-0.3, -0.25) is 0 Å². The normalized spacial score (nSPS) is 17.3. The van der Waals surface area contributed by atoms with Gasteiger partial charge in [-0.2, -0.15) is 11.8 Å². The lowest BCUT2D eigenvalue weighted by atomic mass is 10.1. The Bertz CT molecular complexity index is 358. The lowest BCUT2D eigenvalue weighted by Crippen LogP contribution is -2.37. The van der Waals surface area contributed by atoms with E-state index in [0.29, 0.717) is 0 Å². The third-order valence-electron chi connectivity index (χ3n) is 3.92. The zero-order valence-electron chi connectivity index (χ0n) is 12.0. The van der Waals surface area contributed by atoms with Crippen LogP contribution in [-0.4, -0.2) is 13.8 Å². The Morgan fingerprint density at radius 2 is 1.67 bits per heavy atom. The molecular formula is C16H26SSi. The molecule has 1 aromatic carbocycles. The quantitative estimate of drug-likeness (QED) is 0.706. The molecular weight excluding hydrogens is 252 g/mol. The number of hydrogen-bond donors (Lipinski definition) is 0. The molecule has 2 rings (SSSR count). The summed E-state index contributed by atoms with van der Waals surface area (Å²) in [5.41, 5.74) is 1.50. The van der Waals surface area contributed by atoms with Crippen LogP contribution in [0, 0.1) is 5.92 Å². The van der Waals surface area contributed by atoms with Gasteiger partial charge in [-0.1, -0.05) is 61.9 Å². The van der Waals surface area contributed by atoms with E-state index >= 15 is 0 Å². The van der Waals surface area contributed by atoms with Gasteiger partial charge in [0.05, 0.1) is 8.07 Å². The highest BCUT2D eigenvalue weighted by atomic mass is 32.2. The molecule has 0 unspecified atom stereocenters. The van der Waals surface area contributed by atoms with Crippen LogP contribution in [0.2, 0.25) is 19.6 Å². The molecule has 18 heavy (non-hydrogen) atoms. The van der Waals surface area contributed by atoms with Crippen molar-refractivity contribution in [1.29, 1.82) is 0 Å². The van der Waals surface area contributed by atoms with Crippen LogP contribution in [0.25, 0.3) is 0 Å². The summed E-state index contributed by atoms with van der Waals surface area (Å²) in [5.74, 6) is 3.58. The predicted molar refractivity (Wildman–Crippen MR) is 87.5 cm³/mol. The predicted octanol–water partition coefficient (Wildman–Crippen LogP) is 4.66. The SMILES string of the molecule is C[Si](C)(C)c1ccc(CSCC2CCCC2)cc1. The third kappa shape index (κ3) is 4.17. The van der Waals surface area contributed by atoms with E-state index < -0.39 is 8.07 Å². The van der Waals surface area contributed by atoms with Gasteiger partial charge in [-0.25, -0.2) is 0 Å². The van der Waals surface area contributed by atoms with Crippen molar-refractivity contribution in [2.24, 2.45) is 5.92 Å². The lowest BCUT2D eigenvalue weighted by molar-refractivity contribution is 0.623. The standard InChI is InChI=1S/C16H26SSi/c1-18(2,3)16-10-8-15(9-11-16)13-17-12-14-6-4-5-7-14/h8-11,14H,4-7,12-13H2,1-3H3. The van der Waals surface area contributed by atoms with Crippen molar-refractivity contribution in [2.75, 3.05) is 5.75 Å². The van der Waals surface area contributed by atoms with E-state index in [4.69, 9.17) is 0 Å². The smallest absolute Gasteiger partial charge is 0.0775 e. The van der Waals surface area contributed by atoms with Crippen molar-refractivity contribution >= 4 is 25.0 Å². The number of thioether (sulfide) groups is 1. The Kier molecular flexibility index (Phi) is 4.96. The third-order valence-corrected chi connectivity index (χ3v) is 7.23. The molecule has 1 aliphatic carbocycles. The monoisotopic (exact) mass is 278 g/mol. The summed E-state index contributed by atoms with van der Waals surface area (Å²) in [4.78, 5) is 0. The Morgan fingerprint density at radius 1 is 1.06 bits per heavy atom. The van der Waals surface area contributed by atoms with Crippen LogP contribution >= 0.6 is 11.8 Å². The van der Waals surface area contributed by atoms with Crippen LogP contribution in [0.1, 0.15) is 31.2 Å². The van der Waals surface area contributed by atoms with Gasteiger partial charge in [0.2, 0.25) is 0 Å². The van der Waals surface area contributed by atoms with Crippen molar-refractivity contribution in [2.45, 2.75) is 51.1 Å². The topological polar surface area (TPSA) is 0 Å². The minimum absolute atomic E-state index is 1.01. The van der Waals surface area contributed by atoms with Crippen LogP contribution in [0.15, 0.2) is 24.3 Å². The van der Waals surface area contributed by atoms with Crippen molar-refractivity contribution < 1.29 is 0 Å². The van der Waals surface area contributed by atoms with Gasteiger partial charge in [-0.15, -0.1) is 0 Å². The van der Waals surface area contributed by atoms with E-state index in [1.54, 1.807) is 5.19 Å². The molecule has 0 amide bonds. The van der Waals surface area contributed by atoms with E-state index in [1.807, 2.05) is 0 Å². The molecule has 1 fully saturated rings. The van der Waals surface area contributed by atoms with E-state index in [2.05, 4.69) is 55.7 Å². The van der Waals surface area contributed by atoms with Crippen molar-refractivity contribution in [3.05, 3.63) is 29.8 Å². The first kappa shape index (κ1) is 14.2. The molecule has 0 spiro atoms. The Morgan fingerprint density at radius 3 is 2.22 bits per heavy atom. The molecule has 0 N–H and O–H groups in total. The zero-order chi connectivity index (χ0) is 13.0. The van der Waals surface area contributed by atoms with E-state index in [9.17, 15) is 0 Å². The Hall–Kier alpha value is -0.213. The molecule has 1 saturated carbocycles. The van der Waals surface area contributed by atoms with Gasteiger partial charge in [0.1, 0.15) is 0 Å². The van der Waals surface area contributed by atoms with Crippen LogP contribution in [0.3, 0.4) is 0 Å². The molecule has 0 bridgehead atoms. The first-order valence-electron chi connectivity index (χ1n) is 7.23. The van der Waals surface area contributed by atoms with Crippen molar-refractivity contribution in [3.8, 4) is 0 Å². The molecule has 1 aromatic rings. The summed E-state index contributed by atoms with van der Waals surface area (Å²) in [7, 11) is -1.12. The van der Waals surface area contributed by atoms with Gasteiger partial charge >= 0.3 is 0 Å². The highest BCUT2D eigenvalue weighted by molar-refractivity contribution is 7.98. The molecule has 0 aromatic heterocycles. The van der Waals surface area contributed by atoms with E-state index in [0.717, 1.165) is 5.92 Å². The highest BCUT2D eigenvalue weighted by Gasteiger charge is 2.16. The minimum Gasteiger partial charge on any atom is -0.157 e. The fourth-order valence-electron chi connectivity index (χ4n) is 2.62. The first-order valence-corrected chi connectivity index (χ1v) is 11.9. The van der Waals surface area contributed by atoms with Gasteiger partial charge < -0.3 is 0 Å². The van der Waals surface area contributed by atoms with Gasteiger partial charge in [0.25, 0.3) is 0 Å². The maximum absolute atomic E-state index is 2.41. The zero-order valence-corrected chi connectivity index (χ0v) is 13.9. The molecule has 2 heteroatoms. The van der Waals surface area contributed by atoms with Crippen LogP contribution in [-0.2, 0) is 5.75 Å². The molecule has 0 aliphatic heterocycles. The molecule has 0 atom stereocenters. The summed E-state index contributed by atoms with van der Waals surface area (Å²) in [6, 6.07) is 9.40. The lowest BCUT2D eigenvalue weighted by Gasteiger charge is -2.16. The molecule has 0 nitrogen and oxygen atoms in total. The van der Waals surface area contributed by atoms with Gasteiger partial charge in [0.15, 0.2) is 0 Å². The Balaban J connectivity index is 1.79. The second kappa shape index (κ2) is 6.29. The molecule has 0 radical (unpaired) electrons. The number of rotatable bonds is 5. The van der Waals surface area contributed by atoms with Crippen molar-refractivity contribution in [1.82, 2.24) is 0 Å². The second-order valence-electron chi connectivity index (χ2n) is 6.61. The number of hydrogen-bond acceptors (Lipinski definition) is 1. The van der Waals surface area contributed by atoms with Crippen molar-refractivity contribution in [3.63, 3.8) is 0 Å². The average molecular weight is 279 g/mol. The second-order valence-corrected chi connectivity index (χ2v) is 12.7.